The highest BCUT2D eigenvalue weighted by molar-refractivity contribution is 6.32. The maximum absolute atomic E-state index is 12.2. The molecule has 0 aliphatic rings. The highest BCUT2D eigenvalue weighted by atomic mass is 35.5. The lowest BCUT2D eigenvalue weighted by molar-refractivity contribution is -0.143. The average molecular weight is 300 g/mol. The van der Waals surface area contributed by atoms with Crippen molar-refractivity contribution in [3.63, 3.8) is 0 Å². The molecular formula is C10H13ClF3N3O2. The van der Waals surface area contributed by atoms with Crippen LogP contribution in [0.25, 0.3) is 0 Å². The van der Waals surface area contributed by atoms with Gasteiger partial charge < -0.3 is 10.4 Å². The molecule has 19 heavy (non-hydrogen) atoms. The van der Waals surface area contributed by atoms with Gasteiger partial charge in [0, 0.05) is 6.54 Å². The Hall–Kier alpha value is -1.28. The second kappa shape index (κ2) is 6.25. The van der Waals surface area contributed by atoms with Crippen LogP contribution in [0, 0.1) is 0 Å². The van der Waals surface area contributed by atoms with Gasteiger partial charge in [0.1, 0.15) is 11.6 Å². The zero-order chi connectivity index (χ0) is 14.6. The lowest BCUT2D eigenvalue weighted by atomic mass is 10.3. The van der Waals surface area contributed by atoms with Crippen molar-refractivity contribution in [1.29, 1.82) is 0 Å². The Morgan fingerprint density at radius 3 is 2.74 bits per heavy atom. The van der Waals surface area contributed by atoms with E-state index < -0.39 is 24.4 Å². The molecule has 0 saturated heterocycles. The predicted molar refractivity (Wildman–Crippen MR) is 64.3 cm³/mol. The summed E-state index contributed by atoms with van der Waals surface area (Å²) in [6.45, 7) is 0.386. The quantitative estimate of drug-likeness (QED) is 0.867. The van der Waals surface area contributed by atoms with E-state index in [4.69, 9.17) is 11.6 Å². The molecule has 0 bridgehead atoms. The number of aliphatic hydroxyl groups excluding tert-OH is 1. The monoisotopic (exact) mass is 299 g/mol. The first-order valence-electron chi connectivity index (χ1n) is 5.49. The third-order valence-electron chi connectivity index (χ3n) is 2.31. The normalized spacial score (nSPS) is 13.4. The zero-order valence-corrected chi connectivity index (χ0v) is 10.8. The molecule has 1 atom stereocenters. The molecule has 0 aliphatic heterocycles. The van der Waals surface area contributed by atoms with Crippen LogP contribution in [-0.4, -0.2) is 33.7 Å². The number of hydrogen-bond donors (Lipinski definition) is 2. The van der Waals surface area contributed by atoms with E-state index in [9.17, 15) is 23.1 Å². The van der Waals surface area contributed by atoms with Crippen LogP contribution in [0.5, 0.6) is 0 Å². The number of nitrogens with zero attached hydrogens (tertiary/aromatic N) is 2. The predicted octanol–water partition coefficient (Wildman–Crippen LogP) is 1.64. The van der Waals surface area contributed by atoms with Gasteiger partial charge in [0.2, 0.25) is 0 Å². The van der Waals surface area contributed by atoms with Gasteiger partial charge in [0.05, 0.1) is 18.0 Å². The van der Waals surface area contributed by atoms with Gasteiger partial charge in [-0.1, -0.05) is 18.5 Å². The number of nitrogens with one attached hydrogen (secondary N) is 1. The summed E-state index contributed by atoms with van der Waals surface area (Å²) in [4.78, 5) is 11.5. The maximum Gasteiger partial charge on any atom is 0.408 e. The van der Waals surface area contributed by atoms with Crippen molar-refractivity contribution in [2.75, 3.05) is 11.9 Å². The number of aromatic nitrogens is 2. The number of halogens is 4. The minimum absolute atomic E-state index is 0.0950. The molecule has 0 spiro atoms. The standard InChI is InChI=1S/C10H13ClF3N3O2/c1-2-6(18)3-15-7-4-16-17(5-10(12,13)14)9(19)8(7)11/h4,6,15,18H,2-3,5H2,1H3. The van der Waals surface area contributed by atoms with E-state index in [1.54, 1.807) is 6.92 Å². The maximum atomic E-state index is 12.2. The summed E-state index contributed by atoms with van der Waals surface area (Å²) in [7, 11) is 0. The second-order valence-electron chi connectivity index (χ2n) is 3.89. The van der Waals surface area contributed by atoms with Crippen molar-refractivity contribution >= 4 is 17.3 Å². The summed E-state index contributed by atoms with van der Waals surface area (Å²) < 4.78 is 36.7. The first kappa shape index (κ1) is 15.8. The van der Waals surface area contributed by atoms with Gasteiger partial charge in [-0.2, -0.15) is 18.3 Å². The minimum Gasteiger partial charge on any atom is -0.391 e. The number of hydrogen-bond acceptors (Lipinski definition) is 4. The summed E-state index contributed by atoms with van der Waals surface area (Å²) in [5.74, 6) is 0. The van der Waals surface area contributed by atoms with Crippen LogP contribution < -0.4 is 10.9 Å². The fourth-order valence-electron chi connectivity index (χ4n) is 1.24. The smallest absolute Gasteiger partial charge is 0.391 e. The molecule has 0 aromatic carbocycles. The van der Waals surface area contributed by atoms with Crippen molar-refractivity contribution in [3.8, 4) is 0 Å². The van der Waals surface area contributed by atoms with Gasteiger partial charge in [-0.25, -0.2) is 4.68 Å². The van der Waals surface area contributed by atoms with Gasteiger partial charge in [-0.3, -0.25) is 4.79 Å². The summed E-state index contributed by atoms with van der Waals surface area (Å²) in [6, 6.07) is 0. The van der Waals surface area contributed by atoms with Crippen LogP contribution in [0.2, 0.25) is 5.02 Å². The number of aliphatic hydroxyl groups is 1. The molecule has 2 N–H and O–H groups in total. The molecule has 1 heterocycles. The van der Waals surface area contributed by atoms with Gasteiger partial charge in [-0.15, -0.1) is 0 Å². The average Bonchev–Trinajstić information content (AvgIpc) is 2.32. The Balaban J connectivity index is 2.89. The number of rotatable bonds is 5. The van der Waals surface area contributed by atoms with E-state index in [-0.39, 0.29) is 21.9 Å². The Bertz CT molecular complexity index is 490. The Morgan fingerprint density at radius 1 is 1.58 bits per heavy atom. The first-order chi connectivity index (χ1) is 8.74. The molecule has 5 nitrogen and oxygen atoms in total. The molecule has 0 amide bonds. The van der Waals surface area contributed by atoms with E-state index in [0.717, 1.165) is 6.20 Å². The van der Waals surface area contributed by atoms with Crippen LogP contribution in [0.15, 0.2) is 11.0 Å². The van der Waals surface area contributed by atoms with Crippen LogP contribution in [0.3, 0.4) is 0 Å². The second-order valence-corrected chi connectivity index (χ2v) is 4.27. The summed E-state index contributed by atoms with van der Waals surface area (Å²) in [6.07, 6.45) is -3.68. The van der Waals surface area contributed by atoms with Crippen LogP contribution >= 0.6 is 11.6 Å². The SMILES string of the molecule is CCC(O)CNc1cnn(CC(F)(F)F)c(=O)c1Cl. The highest BCUT2D eigenvalue weighted by Crippen LogP contribution is 2.19. The fourth-order valence-corrected chi connectivity index (χ4v) is 1.46. The molecule has 9 heteroatoms. The molecular weight excluding hydrogens is 287 g/mol. The summed E-state index contributed by atoms with van der Waals surface area (Å²) in [5, 5.41) is 15.0. The number of anilines is 1. The Labute approximate surface area is 112 Å². The minimum atomic E-state index is -4.55. The first-order valence-corrected chi connectivity index (χ1v) is 5.86. The molecule has 108 valence electrons. The summed E-state index contributed by atoms with van der Waals surface area (Å²) >= 11 is 5.67. The van der Waals surface area contributed by atoms with E-state index in [0.29, 0.717) is 6.42 Å². The van der Waals surface area contributed by atoms with Crippen molar-refractivity contribution < 1.29 is 18.3 Å². The molecule has 1 aromatic rings. The Morgan fingerprint density at radius 2 is 2.21 bits per heavy atom. The van der Waals surface area contributed by atoms with Crippen molar-refractivity contribution in [2.45, 2.75) is 32.2 Å². The Kier molecular flexibility index (Phi) is 5.19. The molecule has 0 saturated carbocycles. The zero-order valence-electron chi connectivity index (χ0n) is 10.0. The fraction of sp³-hybridized carbons (Fsp3) is 0.600. The van der Waals surface area contributed by atoms with E-state index >= 15 is 0 Å². The van der Waals surface area contributed by atoms with Gasteiger partial charge in [0.25, 0.3) is 5.56 Å². The topological polar surface area (TPSA) is 67.2 Å². The number of alkyl halides is 3. The van der Waals surface area contributed by atoms with Crippen molar-refractivity contribution in [2.24, 2.45) is 0 Å². The molecule has 1 rings (SSSR count). The largest absolute Gasteiger partial charge is 0.408 e. The van der Waals surface area contributed by atoms with E-state index in [1.165, 1.54) is 0 Å². The van der Waals surface area contributed by atoms with Crippen molar-refractivity contribution in [3.05, 3.63) is 21.6 Å². The molecule has 0 aliphatic carbocycles. The molecule has 0 radical (unpaired) electrons. The molecule has 1 unspecified atom stereocenters. The molecule has 1 aromatic heterocycles. The highest BCUT2D eigenvalue weighted by Gasteiger charge is 2.29. The van der Waals surface area contributed by atoms with Crippen LogP contribution in [0.1, 0.15) is 13.3 Å². The van der Waals surface area contributed by atoms with E-state index in [1.807, 2.05) is 0 Å². The van der Waals surface area contributed by atoms with Crippen LogP contribution in [0.4, 0.5) is 18.9 Å². The van der Waals surface area contributed by atoms with Crippen molar-refractivity contribution in [1.82, 2.24) is 9.78 Å². The van der Waals surface area contributed by atoms with Gasteiger partial charge >= 0.3 is 6.18 Å². The third-order valence-corrected chi connectivity index (χ3v) is 2.68. The third kappa shape index (κ3) is 4.71. The van der Waals surface area contributed by atoms with Gasteiger partial charge in [-0.05, 0) is 6.42 Å². The van der Waals surface area contributed by atoms with Crippen LogP contribution in [-0.2, 0) is 6.54 Å². The summed E-state index contributed by atoms with van der Waals surface area (Å²) in [5.41, 5.74) is -0.937. The van der Waals surface area contributed by atoms with Gasteiger partial charge in [0.15, 0.2) is 0 Å². The van der Waals surface area contributed by atoms with E-state index in [2.05, 4.69) is 10.4 Å². The lowest BCUT2D eigenvalue weighted by Crippen LogP contribution is -2.31. The molecule has 0 fully saturated rings. The lowest BCUT2D eigenvalue weighted by Gasteiger charge is -2.13.